The van der Waals surface area contributed by atoms with Crippen LogP contribution in [-0.4, -0.2) is 19.3 Å². The summed E-state index contributed by atoms with van der Waals surface area (Å²) in [6.07, 6.45) is 0.144. The summed E-state index contributed by atoms with van der Waals surface area (Å²) in [5, 5.41) is 3.14. The molecule has 0 spiro atoms. The largest absolute Gasteiger partial charge is 0.375 e. The van der Waals surface area contributed by atoms with Crippen molar-refractivity contribution in [2.45, 2.75) is 45.9 Å². The Morgan fingerprint density at radius 3 is 2.25 bits per heavy atom. The van der Waals surface area contributed by atoms with E-state index in [4.69, 9.17) is 4.74 Å². The number of hydrogen-bond donors (Lipinski definition) is 1. The highest BCUT2D eigenvalue weighted by Gasteiger charge is 2.42. The molecule has 1 fully saturated rings. The number of rotatable bonds is 3. The van der Waals surface area contributed by atoms with Crippen molar-refractivity contribution in [1.29, 1.82) is 0 Å². The van der Waals surface area contributed by atoms with Crippen molar-refractivity contribution < 1.29 is 13.5 Å². The van der Waals surface area contributed by atoms with Gasteiger partial charge in [-0.05, 0) is 51.4 Å². The molecule has 0 saturated carbocycles. The molecule has 2 nitrogen and oxygen atoms in total. The van der Waals surface area contributed by atoms with Gasteiger partial charge in [0.1, 0.15) is 11.6 Å². The number of hydrogen-bond acceptors (Lipinski definition) is 2. The first-order valence-corrected chi connectivity index (χ1v) is 7.15. The maximum Gasteiger partial charge on any atom is 0.128 e. The molecule has 2 rings (SSSR count). The summed E-state index contributed by atoms with van der Waals surface area (Å²) in [5.41, 5.74) is 0.718. The molecule has 5 unspecified atom stereocenters. The minimum Gasteiger partial charge on any atom is -0.375 e. The summed E-state index contributed by atoms with van der Waals surface area (Å²) in [6.45, 7) is 7.70. The standard InChI is InChI=1S/C16H23F2NO/c1-8-6-14(18)12(7-13(8)17)16(19-5)15-9(2)10(3)20-11(15)4/h6-7,9-11,15-16,19H,1-5H3. The molecule has 112 valence electrons. The van der Waals surface area contributed by atoms with E-state index in [-0.39, 0.29) is 41.7 Å². The molecule has 0 aromatic heterocycles. The van der Waals surface area contributed by atoms with Crippen LogP contribution in [0.3, 0.4) is 0 Å². The fraction of sp³-hybridized carbons (Fsp3) is 0.625. The van der Waals surface area contributed by atoms with Crippen LogP contribution in [0.4, 0.5) is 8.78 Å². The minimum absolute atomic E-state index is 0.0150. The van der Waals surface area contributed by atoms with Gasteiger partial charge in [0, 0.05) is 17.5 Å². The first-order chi connectivity index (χ1) is 9.36. The SMILES string of the molecule is CNC(c1cc(F)c(C)cc1F)C1C(C)OC(C)C1C. The first kappa shape index (κ1) is 15.4. The van der Waals surface area contributed by atoms with Gasteiger partial charge in [0.05, 0.1) is 12.2 Å². The fourth-order valence-electron chi connectivity index (χ4n) is 3.32. The smallest absolute Gasteiger partial charge is 0.128 e. The van der Waals surface area contributed by atoms with Gasteiger partial charge in [0.15, 0.2) is 0 Å². The van der Waals surface area contributed by atoms with Crippen molar-refractivity contribution in [2.24, 2.45) is 11.8 Å². The Hall–Kier alpha value is -1.00. The van der Waals surface area contributed by atoms with Crippen LogP contribution >= 0.6 is 0 Å². The van der Waals surface area contributed by atoms with E-state index < -0.39 is 0 Å². The van der Waals surface area contributed by atoms with Crippen LogP contribution in [0.15, 0.2) is 12.1 Å². The normalized spacial score (nSPS) is 31.6. The monoisotopic (exact) mass is 283 g/mol. The molecule has 4 heteroatoms. The summed E-state index contributed by atoms with van der Waals surface area (Å²) in [6, 6.07) is 2.33. The fourth-order valence-corrected chi connectivity index (χ4v) is 3.32. The lowest BCUT2D eigenvalue weighted by Crippen LogP contribution is -2.33. The summed E-state index contributed by atoms with van der Waals surface area (Å²) in [5.74, 6) is -0.325. The molecule has 1 saturated heterocycles. The molecular formula is C16H23F2NO. The van der Waals surface area contributed by atoms with Crippen LogP contribution in [0.5, 0.6) is 0 Å². The number of nitrogens with one attached hydrogen (secondary N) is 1. The van der Waals surface area contributed by atoms with Crippen molar-refractivity contribution in [2.75, 3.05) is 7.05 Å². The highest BCUT2D eigenvalue weighted by Crippen LogP contribution is 2.41. The van der Waals surface area contributed by atoms with E-state index in [9.17, 15) is 8.78 Å². The third kappa shape index (κ3) is 2.59. The Morgan fingerprint density at radius 1 is 1.10 bits per heavy atom. The summed E-state index contributed by atoms with van der Waals surface area (Å²) in [4.78, 5) is 0. The molecule has 1 aromatic rings. The van der Waals surface area contributed by atoms with Gasteiger partial charge in [0.25, 0.3) is 0 Å². The molecule has 0 amide bonds. The Bertz CT molecular complexity index is 492. The van der Waals surface area contributed by atoms with Gasteiger partial charge in [-0.25, -0.2) is 8.78 Å². The first-order valence-electron chi connectivity index (χ1n) is 7.15. The Labute approximate surface area is 119 Å². The molecule has 1 aliphatic rings. The molecule has 1 aromatic carbocycles. The second-order valence-electron chi connectivity index (χ2n) is 5.87. The average Bonchev–Trinajstić information content (AvgIpc) is 2.63. The zero-order chi connectivity index (χ0) is 15.0. The quantitative estimate of drug-likeness (QED) is 0.915. The van der Waals surface area contributed by atoms with Crippen LogP contribution in [-0.2, 0) is 4.74 Å². The Kier molecular flexibility index (Phi) is 4.45. The molecule has 1 heterocycles. The second kappa shape index (κ2) is 5.78. The van der Waals surface area contributed by atoms with E-state index in [1.54, 1.807) is 14.0 Å². The predicted octanol–water partition coefficient (Wildman–Crippen LogP) is 3.59. The van der Waals surface area contributed by atoms with Crippen molar-refractivity contribution in [3.8, 4) is 0 Å². The third-order valence-corrected chi connectivity index (χ3v) is 4.63. The van der Waals surface area contributed by atoms with Gasteiger partial charge >= 0.3 is 0 Å². The van der Waals surface area contributed by atoms with Gasteiger partial charge in [-0.3, -0.25) is 0 Å². The summed E-state index contributed by atoms with van der Waals surface area (Å²) in [7, 11) is 1.78. The van der Waals surface area contributed by atoms with Crippen molar-refractivity contribution in [1.82, 2.24) is 5.32 Å². The van der Waals surface area contributed by atoms with E-state index in [2.05, 4.69) is 12.2 Å². The highest BCUT2D eigenvalue weighted by molar-refractivity contribution is 5.28. The van der Waals surface area contributed by atoms with Crippen LogP contribution in [0.1, 0.15) is 37.9 Å². The lowest BCUT2D eigenvalue weighted by molar-refractivity contribution is 0.0476. The molecular weight excluding hydrogens is 260 g/mol. The predicted molar refractivity (Wildman–Crippen MR) is 75.6 cm³/mol. The van der Waals surface area contributed by atoms with Crippen molar-refractivity contribution in [3.05, 3.63) is 34.9 Å². The van der Waals surface area contributed by atoms with E-state index in [0.717, 1.165) is 0 Å². The molecule has 1 N–H and O–H groups in total. The van der Waals surface area contributed by atoms with Gasteiger partial charge in [-0.1, -0.05) is 6.92 Å². The van der Waals surface area contributed by atoms with Gasteiger partial charge in [-0.15, -0.1) is 0 Å². The van der Waals surface area contributed by atoms with E-state index >= 15 is 0 Å². The summed E-state index contributed by atoms with van der Waals surface area (Å²) >= 11 is 0. The molecule has 20 heavy (non-hydrogen) atoms. The molecule has 5 atom stereocenters. The van der Waals surface area contributed by atoms with Crippen molar-refractivity contribution >= 4 is 0 Å². The van der Waals surface area contributed by atoms with Crippen LogP contribution in [0.2, 0.25) is 0 Å². The molecule has 0 aliphatic carbocycles. The third-order valence-electron chi connectivity index (χ3n) is 4.63. The Balaban J connectivity index is 2.40. The van der Waals surface area contributed by atoms with Gasteiger partial charge in [0.2, 0.25) is 0 Å². The van der Waals surface area contributed by atoms with Crippen LogP contribution < -0.4 is 5.32 Å². The van der Waals surface area contributed by atoms with Gasteiger partial charge < -0.3 is 10.1 Å². The number of halogens is 2. The lowest BCUT2D eigenvalue weighted by atomic mass is 9.80. The highest BCUT2D eigenvalue weighted by atomic mass is 19.1. The maximum absolute atomic E-state index is 14.2. The van der Waals surface area contributed by atoms with E-state index in [0.29, 0.717) is 11.1 Å². The van der Waals surface area contributed by atoms with E-state index in [1.807, 2.05) is 13.8 Å². The summed E-state index contributed by atoms with van der Waals surface area (Å²) < 4.78 is 33.8. The zero-order valence-electron chi connectivity index (χ0n) is 12.7. The maximum atomic E-state index is 14.2. The Morgan fingerprint density at radius 2 is 1.75 bits per heavy atom. The number of aryl methyl sites for hydroxylation is 1. The minimum atomic E-state index is -0.367. The molecule has 0 radical (unpaired) electrons. The second-order valence-corrected chi connectivity index (χ2v) is 5.87. The van der Waals surface area contributed by atoms with Crippen molar-refractivity contribution in [3.63, 3.8) is 0 Å². The lowest BCUT2D eigenvalue weighted by Gasteiger charge is -2.29. The zero-order valence-corrected chi connectivity index (χ0v) is 12.7. The number of ether oxygens (including phenoxy) is 1. The molecule has 1 aliphatic heterocycles. The number of benzene rings is 1. The topological polar surface area (TPSA) is 21.3 Å². The van der Waals surface area contributed by atoms with Crippen LogP contribution in [0.25, 0.3) is 0 Å². The van der Waals surface area contributed by atoms with E-state index in [1.165, 1.54) is 12.1 Å². The van der Waals surface area contributed by atoms with Gasteiger partial charge in [-0.2, -0.15) is 0 Å². The molecule has 0 bridgehead atoms. The average molecular weight is 283 g/mol. The van der Waals surface area contributed by atoms with Crippen LogP contribution in [0, 0.1) is 30.4 Å².